The first-order valence-corrected chi connectivity index (χ1v) is 12.3. The lowest BCUT2D eigenvalue weighted by molar-refractivity contribution is -0.136. The lowest BCUT2D eigenvalue weighted by Gasteiger charge is -2.40. The quantitative estimate of drug-likeness (QED) is 0.625. The summed E-state index contributed by atoms with van der Waals surface area (Å²) in [4.78, 5) is 53.3. The lowest BCUT2D eigenvalue weighted by atomic mass is 9.88. The largest absolute Gasteiger partial charge is 0.370 e. The zero-order valence-corrected chi connectivity index (χ0v) is 19.8. The molecule has 3 unspecified atom stereocenters. The van der Waals surface area contributed by atoms with Crippen LogP contribution in [0.5, 0.6) is 0 Å². The molecule has 0 radical (unpaired) electrons. The number of benzene rings is 2. The summed E-state index contributed by atoms with van der Waals surface area (Å²) in [5.41, 5.74) is 2.73. The topological polar surface area (TPSA) is 98.8 Å². The number of amides is 4. The van der Waals surface area contributed by atoms with Crippen molar-refractivity contribution in [1.29, 1.82) is 0 Å². The highest BCUT2D eigenvalue weighted by molar-refractivity contribution is 6.23. The van der Waals surface area contributed by atoms with Crippen LogP contribution >= 0.6 is 0 Å². The van der Waals surface area contributed by atoms with Gasteiger partial charge in [-0.05, 0) is 43.0 Å². The third-order valence-corrected chi connectivity index (χ3v) is 7.47. The molecule has 0 aromatic heterocycles. The molecule has 5 rings (SSSR count). The number of carbonyl (C=O) groups excluding carboxylic acids is 4. The van der Waals surface area contributed by atoms with Gasteiger partial charge in [-0.1, -0.05) is 43.2 Å². The number of carbonyl (C=O) groups is 4. The molecule has 0 spiro atoms. The van der Waals surface area contributed by atoms with E-state index in [9.17, 15) is 19.2 Å². The maximum absolute atomic E-state index is 13.2. The minimum Gasteiger partial charge on any atom is -0.370 e. The first-order chi connectivity index (χ1) is 16.9. The molecule has 182 valence electrons. The molecular weight excluding hydrogens is 444 g/mol. The van der Waals surface area contributed by atoms with E-state index >= 15 is 0 Å². The van der Waals surface area contributed by atoms with Gasteiger partial charge in [0.15, 0.2) is 0 Å². The van der Waals surface area contributed by atoms with Gasteiger partial charge in [-0.2, -0.15) is 0 Å². The van der Waals surface area contributed by atoms with Gasteiger partial charge in [-0.15, -0.1) is 0 Å². The van der Waals surface area contributed by atoms with E-state index in [4.69, 9.17) is 0 Å². The van der Waals surface area contributed by atoms with Crippen molar-refractivity contribution in [3.63, 3.8) is 0 Å². The minimum atomic E-state index is -0.953. The number of nitrogens with one attached hydrogen (secondary N) is 2. The van der Waals surface area contributed by atoms with Crippen LogP contribution in [0, 0.1) is 0 Å². The van der Waals surface area contributed by atoms with E-state index < -0.39 is 23.8 Å². The van der Waals surface area contributed by atoms with Crippen LogP contribution in [0.1, 0.15) is 64.8 Å². The van der Waals surface area contributed by atoms with E-state index in [-0.39, 0.29) is 24.8 Å². The van der Waals surface area contributed by atoms with Crippen molar-refractivity contribution in [1.82, 2.24) is 15.5 Å². The highest BCUT2D eigenvalue weighted by Crippen LogP contribution is 2.33. The van der Waals surface area contributed by atoms with Gasteiger partial charge in [-0.25, -0.2) is 0 Å². The normalized spacial score (nSPS) is 24.4. The molecule has 2 aromatic rings. The Labute approximate surface area is 204 Å². The average Bonchev–Trinajstić information content (AvgIpc) is 3.12. The summed E-state index contributed by atoms with van der Waals surface area (Å²) in [6.45, 7) is 0.800. The maximum Gasteiger partial charge on any atom is 0.262 e. The number of rotatable bonds is 6. The summed E-state index contributed by atoms with van der Waals surface area (Å²) in [7, 11) is 2.04. The second-order valence-electron chi connectivity index (χ2n) is 9.61. The van der Waals surface area contributed by atoms with Crippen molar-refractivity contribution in [2.45, 2.75) is 63.2 Å². The van der Waals surface area contributed by atoms with Crippen molar-refractivity contribution in [2.75, 3.05) is 11.9 Å². The molecule has 2 aliphatic heterocycles. The van der Waals surface area contributed by atoms with E-state index in [1.807, 2.05) is 31.3 Å². The van der Waals surface area contributed by atoms with Crippen LogP contribution in [-0.2, 0) is 16.1 Å². The molecular formula is C27H30N4O4. The molecule has 4 amide bonds. The Bertz CT molecular complexity index is 1170. The highest BCUT2D eigenvalue weighted by atomic mass is 16.2. The Balaban J connectivity index is 1.34. The molecule has 0 bridgehead atoms. The molecule has 35 heavy (non-hydrogen) atoms. The molecule has 1 saturated heterocycles. The lowest BCUT2D eigenvalue weighted by Crippen LogP contribution is -2.54. The van der Waals surface area contributed by atoms with Gasteiger partial charge in [0.05, 0.1) is 11.1 Å². The molecule has 1 saturated carbocycles. The van der Waals surface area contributed by atoms with E-state index in [1.165, 1.54) is 12.0 Å². The summed E-state index contributed by atoms with van der Waals surface area (Å²) in [6, 6.07) is 15.3. The zero-order chi connectivity index (χ0) is 24.5. The summed E-state index contributed by atoms with van der Waals surface area (Å²) in [5, 5.41) is 5.96. The monoisotopic (exact) mass is 474 g/mol. The maximum atomic E-state index is 13.2. The molecule has 2 fully saturated rings. The number of nitrogens with zero attached hydrogens (tertiary/aromatic N) is 2. The summed E-state index contributed by atoms with van der Waals surface area (Å²) in [5.74, 6) is -1.93. The molecule has 2 heterocycles. The number of hydrogen-bond acceptors (Lipinski definition) is 6. The predicted octanol–water partition coefficient (Wildman–Crippen LogP) is 2.62. The van der Waals surface area contributed by atoms with Gasteiger partial charge < -0.3 is 10.2 Å². The van der Waals surface area contributed by atoms with Crippen molar-refractivity contribution in [2.24, 2.45) is 0 Å². The van der Waals surface area contributed by atoms with Gasteiger partial charge >= 0.3 is 0 Å². The molecule has 8 nitrogen and oxygen atoms in total. The fraction of sp³-hybridized carbons (Fsp3) is 0.407. The fourth-order valence-electron chi connectivity index (χ4n) is 5.53. The van der Waals surface area contributed by atoms with E-state index in [0.717, 1.165) is 36.4 Å². The second kappa shape index (κ2) is 9.62. The Morgan fingerprint density at radius 1 is 0.943 bits per heavy atom. The molecule has 2 N–H and O–H groups in total. The fourth-order valence-corrected chi connectivity index (χ4v) is 5.53. The number of imide groups is 2. The van der Waals surface area contributed by atoms with E-state index in [1.54, 1.807) is 12.1 Å². The molecule has 3 aliphatic rings. The Kier molecular flexibility index (Phi) is 6.38. The average molecular weight is 475 g/mol. The first-order valence-electron chi connectivity index (χ1n) is 12.3. The number of piperidine rings is 1. The van der Waals surface area contributed by atoms with E-state index in [2.05, 4.69) is 27.7 Å². The second-order valence-corrected chi connectivity index (χ2v) is 9.61. The zero-order valence-electron chi connectivity index (χ0n) is 19.8. The number of fused-ring (bicyclic) bond motifs is 1. The highest BCUT2D eigenvalue weighted by Gasteiger charge is 2.45. The summed E-state index contributed by atoms with van der Waals surface area (Å²) >= 11 is 0. The van der Waals surface area contributed by atoms with Gasteiger partial charge in [0.25, 0.3) is 11.8 Å². The van der Waals surface area contributed by atoms with E-state index in [0.29, 0.717) is 17.2 Å². The van der Waals surface area contributed by atoms with Crippen LogP contribution in [0.25, 0.3) is 0 Å². The van der Waals surface area contributed by atoms with Gasteiger partial charge in [0, 0.05) is 37.8 Å². The van der Waals surface area contributed by atoms with Crippen LogP contribution in [0.2, 0.25) is 0 Å². The molecule has 2 aromatic carbocycles. The smallest absolute Gasteiger partial charge is 0.262 e. The van der Waals surface area contributed by atoms with Crippen LogP contribution < -0.4 is 15.5 Å². The number of likely N-dealkylation sites (N-methyl/N-ethyl adjacent to an activating group) is 1. The Morgan fingerprint density at radius 3 is 2.46 bits per heavy atom. The van der Waals surface area contributed by atoms with Crippen LogP contribution in [0.15, 0.2) is 48.5 Å². The Hall–Kier alpha value is -3.52. The van der Waals surface area contributed by atoms with Crippen molar-refractivity contribution < 1.29 is 19.2 Å². The van der Waals surface area contributed by atoms with Crippen molar-refractivity contribution >= 4 is 29.3 Å². The minimum absolute atomic E-state index is 0.108. The molecule has 8 heteroatoms. The number of hydrogen-bond donors (Lipinski definition) is 2. The number of anilines is 1. The predicted molar refractivity (Wildman–Crippen MR) is 131 cm³/mol. The van der Waals surface area contributed by atoms with Crippen molar-refractivity contribution in [3.8, 4) is 0 Å². The van der Waals surface area contributed by atoms with Crippen LogP contribution in [-0.4, -0.2) is 53.7 Å². The van der Waals surface area contributed by atoms with Gasteiger partial charge in [0.1, 0.15) is 6.04 Å². The summed E-state index contributed by atoms with van der Waals surface area (Å²) in [6.07, 6.45) is 4.69. The first kappa shape index (κ1) is 23.2. The molecule has 1 aliphatic carbocycles. The SMILES string of the molecule is CN(c1ccc2c(c1)C(=O)N(C1CCC(=O)NC1=O)C2=O)C1CCCCC1NCc1ccccc1. The van der Waals surface area contributed by atoms with Crippen LogP contribution in [0.4, 0.5) is 5.69 Å². The Morgan fingerprint density at radius 2 is 1.69 bits per heavy atom. The third kappa shape index (κ3) is 4.46. The third-order valence-electron chi connectivity index (χ3n) is 7.47. The standard InChI is InChI=1S/C27H30N4O4/c1-30(22-10-6-5-9-21(22)28-16-17-7-3-2-4-8-17)18-11-12-19-20(15-18)27(35)31(26(19)34)23-13-14-24(32)29-25(23)33/h2-4,7-8,11-12,15,21-23,28H,5-6,9-10,13-14,16H2,1H3,(H,29,32,33). The molecule has 3 atom stereocenters. The van der Waals surface area contributed by atoms with Crippen LogP contribution in [0.3, 0.4) is 0 Å². The summed E-state index contributed by atoms with van der Waals surface area (Å²) < 4.78 is 0. The van der Waals surface area contributed by atoms with Gasteiger partial charge in [-0.3, -0.25) is 29.4 Å². The van der Waals surface area contributed by atoms with Gasteiger partial charge in [0.2, 0.25) is 11.8 Å². The van der Waals surface area contributed by atoms with Crippen molar-refractivity contribution in [3.05, 3.63) is 65.2 Å².